The van der Waals surface area contributed by atoms with Gasteiger partial charge >= 0.3 is 5.97 Å². The Morgan fingerprint density at radius 2 is 1.85 bits per heavy atom. The van der Waals surface area contributed by atoms with Gasteiger partial charge in [-0.05, 0) is 50.8 Å². The molecule has 0 aliphatic carbocycles. The minimum Gasteiger partial charge on any atom is -0.466 e. The fourth-order valence-corrected chi connectivity index (χ4v) is 4.74. The minimum atomic E-state index is -0.668. The average molecular weight is 498 g/mol. The summed E-state index contributed by atoms with van der Waals surface area (Å²) in [6.07, 6.45) is 2.58. The van der Waals surface area contributed by atoms with Gasteiger partial charge in [0.25, 0.3) is 5.91 Å². The lowest BCUT2D eigenvalue weighted by molar-refractivity contribution is -0.152. The molecular weight excluding hydrogens is 469 g/mol. The standard InChI is InChI=1S/C23H29Cl2N3O5/c1-3-33-23(32)15-6-4-10-27(13-15)20(29)14-26(2)22(31)19-7-5-11-28(19)21(30)17-12-16(24)8-9-18(17)25/h8-9,12,15,19H,3-7,10-11,13-14H2,1-2H3. The van der Waals surface area contributed by atoms with Crippen molar-refractivity contribution in [2.24, 2.45) is 5.92 Å². The lowest BCUT2D eigenvalue weighted by Crippen LogP contribution is -2.51. The third-order valence-corrected chi connectivity index (χ3v) is 6.66. The smallest absolute Gasteiger partial charge is 0.310 e. The van der Waals surface area contributed by atoms with Gasteiger partial charge in [0.2, 0.25) is 11.8 Å². The van der Waals surface area contributed by atoms with E-state index in [9.17, 15) is 19.2 Å². The second-order valence-electron chi connectivity index (χ2n) is 8.41. The van der Waals surface area contributed by atoms with Gasteiger partial charge in [-0.3, -0.25) is 19.2 Å². The molecule has 2 atom stereocenters. The van der Waals surface area contributed by atoms with Crippen molar-refractivity contribution in [1.29, 1.82) is 0 Å². The van der Waals surface area contributed by atoms with Crippen LogP contribution >= 0.6 is 23.2 Å². The van der Waals surface area contributed by atoms with Gasteiger partial charge in [0.05, 0.1) is 29.7 Å². The van der Waals surface area contributed by atoms with Gasteiger partial charge < -0.3 is 19.4 Å². The lowest BCUT2D eigenvalue weighted by atomic mass is 9.98. The van der Waals surface area contributed by atoms with Gasteiger partial charge in [-0.25, -0.2) is 0 Å². The van der Waals surface area contributed by atoms with E-state index < -0.39 is 6.04 Å². The van der Waals surface area contributed by atoms with Crippen LogP contribution in [-0.4, -0.2) is 84.3 Å². The van der Waals surface area contributed by atoms with E-state index in [2.05, 4.69) is 0 Å². The van der Waals surface area contributed by atoms with E-state index in [1.807, 2.05) is 0 Å². The molecule has 2 aliphatic heterocycles. The van der Waals surface area contributed by atoms with Crippen molar-refractivity contribution in [3.05, 3.63) is 33.8 Å². The quantitative estimate of drug-likeness (QED) is 0.563. The fourth-order valence-electron chi connectivity index (χ4n) is 4.37. The third kappa shape index (κ3) is 5.98. The number of amides is 3. The Balaban J connectivity index is 1.62. The molecule has 0 bridgehead atoms. The number of halogens is 2. The molecule has 3 amide bonds. The predicted molar refractivity (Wildman–Crippen MR) is 124 cm³/mol. The first-order valence-electron chi connectivity index (χ1n) is 11.2. The Morgan fingerprint density at radius 1 is 1.12 bits per heavy atom. The molecule has 2 saturated heterocycles. The summed E-state index contributed by atoms with van der Waals surface area (Å²) in [7, 11) is 1.56. The molecule has 3 rings (SSSR count). The first-order chi connectivity index (χ1) is 15.7. The maximum atomic E-state index is 13.1. The van der Waals surface area contributed by atoms with Crippen LogP contribution < -0.4 is 0 Å². The number of hydrogen-bond donors (Lipinski definition) is 0. The van der Waals surface area contributed by atoms with E-state index in [1.54, 1.807) is 31.0 Å². The molecule has 0 N–H and O–H groups in total. The van der Waals surface area contributed by atoms with Gasteiger partial charge in [-0.15, -0.1) is 0 Å². The molecule has 0 spiro atoms. The van der Waals surface area contributed by atoms with Crippen LogP contribution in [0.3, 0.4) is 0 Å². The molecule has 0 saturated carbocycles. The Hall–Kier alpha value is -2.32. The normalized spacial score (nSPS) is 20.5. The summed E-state index contributed by atoms with van der Waals surface area (Å²) >= 11 is 12.2. The van der Waals surface area contributed by atoms with Gasteiger partial charge in [-0.2, -0.15) is 0 Å². The molecule has 2 unspecified atom stereocenters. The van der Waals surface area contributed by atoms with E-state index in [0.29, 0.717) is 56.9 Å². The second-order valence-corrected chi connectivity index (χ2v) is 9.25. The summed E-state index contributed by atoms with van der Waals surface area (Å²) in [4.78, 5) is 55.6. The highest BCUT2D eigenvalue weighted by molar-refractivity contribution is 6.35. The Kier molecular flexibility index (Phi) is 8.59. The van der Waals surface area contributed by atoms with Crippen molar-refractivity contribution in [2.75, 3.05) is 39.8 Å². The Morgan fingerprint density at radius 3 is 2.58 bits per heavy atom. The van der Waals surface area contributed by atoms with E-state index in [0.717, 1.165) is 0 Å². The highest BCUT2D eigenvalue weighted by Crippen LogP contribution is 2.27. The van der Waals surface area contributed by atoms with Gasteiger partial charge in [0, 0.05) is 31.7 Å². The van der Waals surface area contributed by atoms with Crippen LogP contribution in [0.25, 0.3) is 0 Å². The zero-order chi connectivity index (χ0) is 24.1. The summed E-state index contributed by atoms with van der Waals surface area (Å²) in [5.74, 6) is -1.51. The third-order valence-electron chi connectivity index (χ3n) is 6.10. The number of likely N-dealkylation sites (tertiary alicyclic amines) is 2. The molecular formula is C23H29Cl2N3O5. The number of carbonyl (C=O) groups is 4. The maximum Gasteiger partial charge on any atom is 0.310 e. The van der Waals surface area contributed by atoms with E-state index in [1.165, 1.54) is 15.9 Å². The number of carbonyl (C=O) groups excluding carboxylic acids is 4. The predicted octanol–water partition coefficient (Wildman–Crippen LogP) is 2.86. The number of ether oxygens (including phenoxy) is 1. The fraction of sp³-hybridized carbons (Fsp3) is 0.565. The van der Waals surface area contributed by atoms with Crippen molar-refractivity contribution in [3.63, 3.8) is 0 Å². The summed E-state index contributed by atoms with van der Waals surface area (Å²) in [6, 6.07) is 3.98. The molecule has 10 heteroatoms. The van der Waals surface area contributed by atoms with E-state index in [4.69, 9.17) is 27.9 Å². The van der Waals surface area contributed by atoms with Crippen molar-refractivity contribution < 1.29 is 23.9 Å². The molecule has 33 heavy (non-hydrogen) atoms. The largest absolute Gasteiger partial charge is 0.466 e. The van der Waals surface area contributed by atoms with Crippen LogP contribution in [0.1, 0.15) is 43.0 Å². The van der Waals surface area contributed by atoms with Gasteiger partial charge in [0.1, 0.15) is 6.04 Å². The minimum absolute atomic E-state index is 0.120. The first-order valence-corrected chi connectivity index (χ1v) is 11.9. The number of piperidine rings is 1. The number of nitrogens with zero attached hydrogens (tertiary/aromatic N) is 3. The Labute approximate surface area is 203 Å². The number of hydrogen-bond acceptors (Lipinski definition) is 5. The second kappa shape index (κ2) is 11.2. The van der Waals surface area contributed by atoms with Crippen molar-refractivity contribution >= 4 is 46.9 Å². The summed E-state index contributed by atoms with van der Waals surface area (Å²) in [5, 5.41) is 0.655. The van der Waals surface area contributed by atoms with Crippen molar-refractivity contribution in [3.8, 4) is 0 Å². The zero-order valence-corrected chi connectivity index (χ0v) is 20.4. The van der Waals surface area contributed by atoms with Crippen LogP contribution in [-0.2, 0) is 19.1 Å². The van der Waals surface area contributed by atoms with Gasteiger partial charge in [0.15, 0.2) is 0 Å². The van der Waals surface area contributed by atoms with Crippen LogP contribution in [0, 0.1) is 5.92 Å². The first kappa shape index (κ1) is 25.3. The monoisotopic (exact) mass is 497 g/mol. The molecule has 2 aliphatic rings. The topological polar surface area (TPSA) is 87.2 Å². The molecule has 180 valence electrons. The number of likely N-dealkylation sites (N-methyl/N-ethyl adjacent to an activating group) is 1. The molecule has 2 heterocycles. The highest BCUT2D eigenvalue weighted by Gasteiger charge is 2.38. The summed E-state index contributed by atoms with van der Waals surface area (Å²) in [5.41, 5.74) is 0.251. The van der Waals surface area contributed by atoms with Crippen LogP contribution in [0.5, 0.6) is 0 Å². The molecule has 0 radical (unpaired) electrons. The van der Waals surface area contributed by atoms with Gasteiger partial charge in [-0.1, -0.05) is 23.2 Å². The summed E-state index contributed by atoms with van der Waals surface area (Å²) in [6.45, 7) is 3.19. The zero-order valence-electron chi connectivity index (χ0n) is 18.9. The average Bonchev–Trinajstić information content (AvgIpc) is 3.29. The molecule has 2 fully saturated rings. The maximum absolute atomic E-state index is 13.1. The Bertz CT molecular complexity index is 925. The van der Waals surface area contributed by atoms with Crippen LogP contribution in [0.15, 0.2) is 18.2 Å². The highest BCUT2D eigenvalue weighted by atomic mass is 35.5. The van der Waals surface area contributed by atoms with Crippen LogP contribution in [0.4, 0.5) is 0 Å². The molecule has 1 aromatic carbocycles. The molecule has 0 aromatic heterocycles. The number of rotatable bonds is 6. The van der Waals surface area contributed by atoms with Crippen molar-refractivity contribution in [1.82, 2.24) is 14.7 Å². The molecule has 8 nitrogen and oxygen atoms in total. The number of esters is 1. The van der Waals surface area contributed by atoms with Crippen molar-refractivity contribution in [2.45, 2.75) is 38.6 Å². The SMILES string of the molecule is CCOC(=O)C1CCCN(C(=O)CN(C)C(=O)C2CCCN2C(=O)c2cc(Cl)ccc2Cl)C1. The van der Waals surface area contributed by atoms with E-state index >= 15 is 0 Å². The lowest BCUT2D eigenvalue weighted by Gasteiger charge is -2.33. The summed E-state index contributed by atoms with van der Waals surface area (Å²) < 4.78 is 5.09. The van der Waals surface area contributed by atoms with E-state index in [-0.39, 0.29) is 46.7 Å². The van der Waals surface area contributed by atoms with Crippen LogP contribution in [0.2, 0.25) is 10.0 Å². The molecule has 1 aromatic rings. The number of benzene rings is 1.